The van der Waals surface area contributed by atoms with Crippen molar-refractivity contribution in [1.82, 2.24) is 19.7 Å². The molecule has 0 amide bonds. The van der Waals surface area contributed by atoms with Gasteiger partial charge < -0.3 is 11.5 Å². The summed E-state index contributed by atoms with van der Waals surface area (Å²) in [7, 11) is 1.90. The van der Waals surface area contributed by atoms with Crippen LogP contribution in [0.25, 0.3) is 0 Å². The minimum atomic E-state index is 0.197. The fourth-order valence-corrected chi connectivity index (χ4v) is 1.60. The lowest BCUT2D eigenvalue weighted by Crippen LogP contribution is -2.06. The van der Waals surface area contributed by atoms with Gasteiger partial charge in [-0.15, -0.1) is 0 Å². The van der Waals surface area contributed by atoms with Crippen molar-refractivity contribution in [2.24, 2.45) is 7.05 Å². The first-order valence-electron chi connectivity index (χ1n) is 4.92. The maximum absolute atomic E-state index is 5.77. The highest BCUT2D eigenvalue weighted by Crippen LogP contribution is 2.14. The van der Waals surface area contributed by atoms with Gasteiger partial charge in [0, 0.05) is 30.9 Å². The van der Waals surface area contributed by atoms with E-state index in [0.29, 0.717) is 12.2 Å². The van der Waals surface area contributed by atoms with Crippen molar-refractivity contribution in [1.29, 1.82) is 0 Å². The molecule has 16 heavy (non-hydrogen) atoms. The summed E-state index contributed by atoms with van der Waals surface area (Å²) in [5, 5.41) is 4.26. The summed E-state index contributed by atoms with van der Waals surface area (Å²) in [4.78, 5) is 7.85. The number of nitrogens with two attached hydrogens (primary N) is 2. The van der Waals surface area contributed by atoms with E-state index in [1.807, 2.05) is 24.7 Å². The molecule has 0 aliphatic carbocycles. The summed E-state index contributed by atoms with van der Waals surface area (Å²) in [5.74, 6) is 0.619. The number of hydrogen-bond donors (Lipinski definition) is 2. The number of nitrogens with zero attached hydrogens (tertiary/aromatic N) is 4. The Labute approximate surface area is 93.3 Å². The average Bonchev–Trinajstić information content (AvgIpc) is 2.50. The van der Waals surface area contributed by atoms with Gasteiger partial charge in [0.2, 0.25) is 5.95 Å². The van der Waals surface area contributed by atoms with Crippen molar-refractivity contribution in [3.63, 3.8) is 0 Å². The van der Waals surface area contributed by atoms with E-state index in [2.05, 4.69) is 15.1 Å². The molecule has 0 fully saturated rings. The van der Waals surface area contributed by atoms with Crippen molar-refractivity contribution in [3.05, 3.63) is 29.2 Å². The van der Waals surface area contributed by atoms with E-state index in [4.69, 9.17) is 11.5 Å². The molecule has 2 rings (SSSR count). The van der Waals surface area contributed by atoms with Crippen LogP contribution in [0.15, 0.2) is 12.3 Å². The Morgan fingerprint density at radius 3 is 2.69 bits per heavy atom. The lowest BCUT2D eigenvalue weighted by Gasteiger charge is -2.04. The predicted octanol–water partition coefficient (Wildman–Crippen LogP) is 0.274. The van der Waals surface area contributed by atoms with Gasteiger partial charge in [-0.3, -0.25) is 4.68 Å². The summed E-state index contributed by atoms with van der Waals surface area (Å²) in [6.07, 6.45) is 2.31. The smallest absolute Gasteiger partial charge is 0.221 e. The second-order valence-electron chi connectivity index (χ2n) is 3.72. The van der Waals surface area contributed by atoms with Gasteiger partial charge in [0.15, 0.2) is 0 Å². The first kappa shape index (κ1) is 10.4. The maximum atomic E-state index is 5.77. The van der Waals surface area contributed by atoms with Crippen molar-refractivity contribution in [3.8, 4) is 0 Å². The minimum absolute atomic E-state index is 0.197. The van der Waals surface area contributed by atoms with Crippen molar-refractivity contribution in [2.45, 2.75) is 13.3 Å². The summed E-state index contributed by atoms with van der Waals surface area (Å²) >= 11 is 0. The van der Waals surface area contributed by atoms with Gasteiger partial charge in [0.25, 0.3) is 0 Å². The predicted molar refractivity (Wildman–Crippen MR) is 61.6 cm³/mol. The highest BCUT2D eigenvalue weighted by Gasteiger charge is 2.07. The number of hydrogen-bond acceptors (Lipinski definition) is 5. The molecule has 0 aromatic carbocycles. The number of nitrogen functional groups attached to an aromatic ring is 2. The van der Waals surface area contributed by atoms with Gasteiger partial charge in [-0.2, -0.15) is 10.1 Å². The van der Waals surface area contributed by atoms with E-state index < -0.39 is 0 Å². The van der Waals surface area contributed by atoms with Crippen LogP contribution in [-0.2, 0) is 13.5 Å². The van der Waals surface area contributed by atoms with E-state index >= 15 is 0 Å². The molecule has 0 spiro atoms. The molecule has 2 heterocycles. The Bertz CT molecular complexity index is 516. The third-order valence-corrected chi connectivity index (χ3v) is 2.39. The molecule has 2 aromatic heterocycles. The van der Waals surface area contributed by atoms with Crippen LogP contribution in [0.5, 0.6) is 0 Å². The third-order valence-electron chi connectivity index (χ3n) is 2.39. The zero-order chi connectivity index (χ0) is 11.7. The van der Waals surface area contributed by atoms with Gasteiger partial charge in [-0.1, -0.05) is 0 Å². The summed E-state index contributed by atoms with van der Waals surface area (Å²) < 4.78 is 1.82. The van der Waals surface area contributed by atoms with E-state index in [1.165, 1.54) is 0 Å². The third kappa shape index (κ3) is 1.95. The van der Waals surface area contributed by atoms with Crippen molar-refractivity contribution < 1.29 is 0 Å². The van der Waals surface area contributed by atoms with E-state index in [-0.39, 0.29) is 5.95 Å². The molecule has 0 radical (unpaired) electrons. The zero-order valence-electron chi connectivity index (χ0n) is 9.31. The SMILES string of the molecule is Cc1cc(Cc2cnc(N)nc2N)n(C)n1. The molecule has 2 aromatic rings. The topological polar surface area (TPSA) is 95.6 Å². The summed E-state index contributed by atoms with van der Waals surface area (Å²) in [6.45, 7) is 1.95. The lowest BCUT2D eigenvalue weighted by atomic mass is 10.1. The summed E-state index contributed by atoms with van der Waals surface area (Å²) in [5.41, 5.74) is 14.1. The van der Waals surface area contributed by atoms with Crippen molar-refractivity contribution in [2.75, 3.05) is 11.5 Å². The van der Waals surface area contributed by atoms with Crippen LogP contribution < -0.4 is 11.5 Å². The van der Waals surface area contributed by atoms with Crippen LogP contribution in [-0.4, -0.2) is 19.7 Å². The Hall–Kier alpha value is -2.11. The zero-order valence-corrected chi connectivity index (χ0v) is 9.31. The monoisotopic (exact) mass is 218 g/mol. The first-order valence-corrected chi connectivity index (χ1v) is 4.92. The van der Waals surface area contributed by atoms with Gasteiger partial charge in [0.05, 0.1) is 5.69 Å². The molecule has 4 N–H and O–H groups in total. The lowest BCUT2D eigenvalue weighted by molar-refractivity contribution is 0.716. The number of aromatic nitrogens is 4. The van der Waals surface area contributed by atoms with Crippen LogP contribution >= 0.6 is 0 Å². The molecule has 84 valence electrons. The fourth-order valence-electron chi connectivity index (χ4n) is 1.60. The van der Waals surface area contributed by atoms with Gasteiger partial charge >= 0.3 is 0 Å². The Morgan fingerprint density at radius 1 is 1.38 bits per heavy atom. The molecular formula is C10H14N6. The number of rotatable bonds is 2. The molecule has 0 aliphatic rings. The van der Waals surface area contributed by atoms with Crippen LogP contribution in [0.3, 0.4) is 0 Å². The molecule has 0 bridgehead atoms. The quantitative estimate of drug-likeness (QED) is 0.754. The van der Waals surface area contributed by atoms with Crippen molar-refractivity contribution >= 4 is 11.8 Å². The first-order chi connectivity index (χ1) is 7.56. The molecule has 0 saturated heterocycles. The van der Waals surface area contributed by atoms with Crippen LogP contribution in [0.4, 0.5) is 11.8 Å². The Balaban J connectivity index is 2.30. The fraction of sp³-hybridized carbons (Fsp3) is 0.300. The van der Waals surface area contributed by atoms with E-state index in [1.54, 1.807) is 6.20 Å². The van der Waals surface area contributed by atoms with E-state index in [0.717, 1.165) is 17.0 Å². The van der Waals surface area contributed by atoms with E-state index in [9.17, 15) is 0 Å². The Morgan fingerprint density at radius 2 is 2.12 bits per heavy atom. The van der Waals surface area contributed by atoms with Gasteiger partial charge in [-0.25, -0.2) is 4.98 Å². The normalized spacial score (nSPS) is 10.6. The largest absolute Gasteiger partial charge is 0.383 e. The molecule has 0 aliphatic heterocycles. The van der Waals surface area contributed by atoms with Gasteiger partial charge in [-0.05, 0) is 13.0 Å². The molecule has 6 nitrogen and oxygen atoms in total. The van der Waals surface area contributed by atoms with Gasteiger partial charge in [0.1, 0.15) is 5.82 Å². The second-order valence-corrected chi connectivity index (χ2v) is 3.72. The molecule has 0 unspecified atom stereocenters. The summed E-state index contributed by atoms with van der Waals surface area (Å²) in [6, 6.07) is 2.01. The second kappa shape index (κ2) is 3.80. The van der Waals surface area contributed by atoms with Crippen LogP contribution in [0, 0.1) is 6.92 Å². The number of aryl methyl sites for hydroxylation is 2. The highest BCUT2D eigenvalue weighted by atomic mass is 15.3. The highest BCUT2D eigenvalue weighted by molar-refractivity contribution is 5.43. The molecule has 0 saturated carbocycles. The molecule has 0 atom stereocenters. The van der Waals surface area contributed by atoms with Crippen LogP contribution in [0.2, 0.25) is 0 Å². The standard InChI is InChI=1S/C10H14N6/c1-6-3-8(16(2)15-6)4-7-5-13-10(12)14-9(7)11/h3,5H,4H2,1-2H3,(H4,11,12,13,14). The minimum Gasteiger partial charge on any atom is -0.383 e. The Kier molecular flexibility index (Phi) is 2.47. The average molecular weight is 218 g/mol. The number of anilines is 2. The molecule has 6 heteroatoms. The molecular weight excluding hydrogens is 204 g/mol. The maximum Gasteiger partial charge on any atom is 0.221 e. The van der Waals surface area contributed by atoms with Crippen LogP contribution in [0.1, 0.15) is 17.0 Å².